The minimum atomic E-state index is -2.51. The van der Waals surface area contributed by atoms with Crippen LogP contribution in [0.25, 0.3) is 0 Å². The highest BCUT2D eigenvalue weighted by molar-refractivity contribution is 6.78. The van der Waals surface area contributed by atoms with E-state index in [1.807, 2.05) is 13.8 Å². The lowest BCUT2D eigenvalue weighted by molar-refractivity contribution is -0.130. The molecule has 3 aliphatic rings. The van der Waals surface area contributed by atoms with E-state index in [-0.39, 0.29) is 71.0 Å². The van der Waals surface area contributed by atoms with E-state index >= 15 is 0 Å². The number of benzene rings is 2. The molecule has 5 rings (SSSR count). The van der Waals surface area contributed by atoms with Crippen LogP contribution in [0.2, 0.25) is 16.6 Å². The number of aliphatic hydroxyl groups is 1. The number of methoxy groups -OCH3 is 1. The first-order valence-electron chi connectivity index (χ1n) is 22.4. The average Bonchev–Trinajstić information content (AvgIpc) is 3.63. The molecule has 346 valence electrons. The molecule has 2 saturated heterocycles. The molecule has 2 heterocycles. The Morgan fingerprint density at radius 1 is 0.937 bits per heavy atom. The van der Waals surface area contributed by atoms with Gasteiger partial charge in [0.2, 0.25) is 11.8 Å². The number of anilines is 2. The number of ether oxygens (including phenoxy) is 3. The summed E-state index contributed by atoms with van der Waals surface area (Å²) < 4.78 is 23.7. The van der Waals surface area contributed by atoms with Crippen molar-refractivity contribution in [1.29, 1.82) is 0 Å². The Bertz CT molecular complexity index is 1950. The van der Waals surface area contributed by atoms with Crippen molar-refractivity contribution in [2.45, 2.75) is 135 Å². The fraction of sp³-hybridized carbons (Fsp3) is 0.596. The van der Waals surface area contributed by atoms with Gasteiger partial charge in [0.05, 0.1) is 31.0 Å². The maximum absolute atomic E-state index is 14.4. The largest absolute Gasteiger partial charge is 0.540 e. The van der Waals surface area contributed by atoms with Crippen LogP contribution in [0.3, 0.4) is 0 Å². The number of carbonyl (C=O) groups excluding carboxylic acids is 5. The summed E-state index contributed by atoms with van der Waals surface area (Å²) in [5.74, 6) is -0.548. The minimum Gasteiger partial charge on any atom is -0.540 e. The van der Waals surface area contributed by atoms with Gasteiger partial charge in [-0.3, -0.25) is 24.6 Å². The van der Waals surface area contributed by atoms with Crippen LogP contribution in [0.1, 0.15) is 110 Å². The fourth-order valence-corrected chi connectivity index (χ4v) is 14.8. The van der Waals surface area contributed by atoms with Crippen LogP contribution in [-0.2, 0) is 25.7 Å². The summed E-state index contributed by atoms with van der Waals surface area (Å²) in [4.78, 5) is 70.6. The first-order valence-corrected chi connectivity index (χ1v) is 24.6. The van der Waals surface area contributed by atoms with Gasteiger partial charge in [0.15, 0.2) is 5.75 Å². The molecule has 4 N–H and O–H groups in total. The zero-order valence-electron chi connectivity index (χ0n) is 38.6. The Kier molecular flexibility index (Phi) is 16.4. The normalized spacial score (nSPS) is 18.9. The van der Waals surface area contributed by atoms with E-state index in [0.29, 0.717) is 55.1 Å². The molecule has 4 atom stereocenters. The summed E-state index contributed by atoms with van der Waals surface area (Å²) in [6.45, 7) is 21.1. The van der Waals surface area contributed by atoms with E-state index < -0.39 is 44.4 Å². The van der Waals surface area contributed by atoms with Gasteiger partial charge in [-0.25, -0.2) is 9.59 Å². The highest BCUT2D eigenvalue weighted by Gasteiger charge is 2.53. The quantitative estimate of drug-likeness (QED) is 0.0791. The van der Waals surface area contributed by atoms with Crippen molar-refractivity contribution in [3.8, 4) is 11.5 Å². The van der Waals surface area contributed by atoms with E-state index in [1.165, 1.54) is 18.1 Å². The van der Waals surface area contributed by atoms with Gasteiger partial charge in [-0.1, -0.05) is 86.6 Å². The van der Waals surface area contributed by atoms with E-state index in [2.05, 4.69) is 64.1 Å². The third kappa shape index (κ3) is 11.2. The van der Waals surface area contributed by atoms with Crippen LogP contribution in [-0.4, -0.2) is 105 Å². The molecule has 1 aliphatic carbocycles. The minimum absolute atomic E-state index is 0.0329. The molecule has 2 aliphatic heterocycles. The molecular formula is C47H69N5O10Si. The Balaban J connectivity index is 1.29. The molecule has 16 heteroatoms. The van der Waals surface area contributed by atoms with Gasteiger partial charge in [0.25, 0.3) is 14.2 Å². The molecule has 0 aromatic heterocycles. The molecule has 0 bridgehead atoms. The van der Waals surface area contributed by atoms with E-state index in [9.17, 15) is 29.1 Å². The third-order valence-corrected chi connectivity index (χ3v) is 19.3. The van der Waals surface area contributed by atoms with E-state index in [4.69, 9.17) is 18.6 Å². The number of aliphatic hydroxyl groups excluding tert-OH is 1. The van der Waals surface area contributed by atoms with Crippen molar-refractivity contribution in [3.05, 3.63) is 60.2 Å². The lowest BCUT2D eigenvalue weighted by atomic mass is 9.97. The van der Waals surface area contributed by atoms with E-state index in [1.54, 1.807) is 41.3 Å². The molecule has 3 fully saturated rings. The molecule has 1 spiro atoms. The number of nitrogens with one attached hydrogen (secondary N) is 3. The van der Waals surface area contributed by atoms with Crippen LogP contribution < -0.4 is 25.1 Å². The summed E-state index contributed by atoms with van der Waals surface area (Å²) in [5, 5.41) is 18.9. The van der Waals surface area contributed by atoms with Gasteiger partial charge < -0.3 is 39.3 Å². The number of carbonyl (C=O) groups is 5. The first kappa shape index (κ1) is 48.9. The van der Waals surface area contributed by atoms with Gasteiger partial charge in [-0.15, -0.1) is 0 Å². The highest BCUT2D eigenvalue weighted by Crippen LogP contribution is 2.55. The van der Waals surface area contributed by atoms with Crippen LogP contribution in [0.5, 0.6) is 11.5 Å². The molecule has 0 radical (unpaired) electrons. The molecule has 1 unspecified atom stereocenters. The van der Waals surface area contributed by atoms with Gasteiger partial charge >= 0.3 is 12.2 Å². The third-order valence-electron chi connectivity index (χ3n) is 13.3. The number of likely N-dealkylation sites (tertiary alicyclic amines) is 2. The lowest BCUT2D eigenvalue weighted by Gasteiger charge is -2.42. The van der Waals surface area contributed by atoms with Crippen molar-refractivity contribution in [3.63, 3.8) is 0 Å². The predicted octanol–water partition coefficient (Wildman–Crippen LogP) is 8.24. The number of hydrogen-bond donors (Lipinski definition) is 4. The van der Waals surface area contributed by atoms with Crippen molar-refractivity contribution in [1.82, 2.24) is 15.1 Å². The average molecular weight is 892 g/mol. The molecule has 1 saturated carbocycles. The topological polar surface area (TPSA) is 185 Å². The van der Waals surface area contributed by atoms with Gasteiger partial charge in [-0.05, 0) is 83.8 Å². The Labute approximate surface area is 373 Å². The second kappa shape index (κ2) is 21.1. The molecule has 15 nitrogen and oxygen atoms in total. The Hall–Kier alpha value is -5.09. The second-order valence-corrected chi connectivity index (χ2v) is 23.8. The van der Waals surface area contributed by atoms with Gasteiger partial charge in [0.1, 0.15) is 31.0 Å². The van der Waals surface area contributed by atoms with Gasteiger partial charge in [-0.2, -0.15) is 0 Å². The monoisotopic (exact) mass is 891 g/mol. The maximum atomic E-state index is 14.4. The van der Waals surface area contributed by atoms with Crippen LogP contribution in [0.4, 0.5) is 21.0 Å². The SMILES string of the molecule is C=CCOC(=O)N1CCC[C@H]1C(=O)NC(C(=O)Nc1ccc(COC(=O)Nc2cc(O[Si](C(C)C)(C(C)C)C(C)C)c(OC)cc2C(=O)N2CC3(CC3)C[C@H]2CO)cc1)[C@@H](C)CC. The highest BCUT2D eigenvalue weighted by atomic mass is 28.4. The zero-order valence-corrected chi connectivity index (χ0v) is 39.6. The first-order chi connectivity index (χ1) is 29.9. The van der Waals surface area contributed by atoms with Crippen LogP contribution in [0, 0.1) is 11.3 Å². The molecular weight excluding hydrogens is 823 g/mol. The lowest BCUT2D eigenvalue weighted by Crippen LogP contribution is -2.54. The molecule has 5 amide bonds. The predicted molar refractivity (Wildman–Crippen MR) is 244 cm³/mol. The summed E-state index contributed by atoms with van der Waals surface area (Å²) in [5.41, 5.74) is 2.28. The number of nitrogens with zero attached hydrogens (tertiary/aromatic N) is 2. The van der Waals surface area contributed by atoms with Crippen molar-refractivity contribution < 1.29 is 47.7 Å². The summed E-state index contributed by atoms with van der Waals surface area (Å²) >= 11 is 0. The number of rotatable bonds is 19. The summed E-state index contributed by atoms with van der Waals surface area (Å²) in [7, 11) is -0.974. The smallest absolute Gasteiger partial charge is 0.411 e. The van der Waals surface area contributed by atoms with Crippen LogP contribution in [0.15, 0.2) is 49.1 Å². The summed E-state index contributed by atoms with van der Waals surface area (Å²) in [6.07, 6.45) is 4.54. The standard InChI is InChI=1S/C47H69N5O10Si/c1-11-22-60-46(58)51-21-13-14-38(51)42(54)50-41(32(9)12-2)43(55)48-34-17-15-33(16-18-34)27-61-45(57)49-37-24-40(62-63(29(3)4,30(5)6)31(7)8)39(59-10)23-36(37)44(56)52-28-47(19-20-47)25-35(52)26-53/h11,15-18,23-24,29-32,35,38,41,53H,1,12-14,19-22,25-28H2,2-10H3,(H,48,55)(H,49,57)(H,50,54)/t32-,35-,38-,41?/m0/s1. The number of hydrogen-bond acceptors (Lipinski definition) is 10. The molecule has 2 aromatic rings. The van der Waals surface area contributed by atoms with Crippen molar-refractivity contribution >= 4 is 49.6 Å². The van der Waals surface area contributed by atoms with Crippen LogP contribution >= 0.6 is 0 Å². The number of amides is 5. The second-order valence-electron chi connectivity index (χ2n) is 18.4. The van der Waals surface area contributed by atoms with Gasteiger partial charge in [0, 0.05) is 24.8 Å². The summed E-state index contributed by atoms with van der Waals surface area (Å²) in [6, 6.07) is 8.11. The molecule has 2 aromatic carbocycles. The van der Waals surface area contributed by atoms with Crippen molar-refractivity contribution in [2.24, 2.45) is 11.3 Å². The zero-order chi connectivity index (χ0) is 46.2. The maximum Gasteiger partial charge on any atom is 0.411 e. The van der Waals surface area contributed by atoms with Crippen molar-refractivity contribution in [2.75, 3.05) is 44.0 Å². The Morgan fingerprint density at radius 3 is 2.17 bits per heavy atom. The Morgan fingerprint density at radius 2 is 1.60 bits per heavy atom. The fourth-order valence-electron chi connectivity index (χ4n) is 9.50. The molecule has 63 heavy (non-hydrogen) atoms. The van der Waals surface area contributed by atoms with E-state index in [0.717, 1.165) is 19.3 Å².